The van der Waals surface area contributed by atoms with Crippen molar-refractivity contribution in [1.29, 1.82) is 0 Å². The maximum absolute atomic E-state index is 14.7. The van der Waals surface area contributed by atoms with Crippen molar-refractivity contribution in [3.8, 4) is 0 Å². The van der Waals surface area contributed by atoms with Gasteiger partial charge in [0.2, 0.25) is 5.76 Å². The SMILES string of the molecule is O=C1c2oc3ccccc3c(=O)c2C2(C(=O)N(Cc3ccccc3F)c3ccccc32)N1Cc1ccco1. The molecule has 2 amide bonds. The van der Waals surface area contributed by atoms with Crippen molar-refractivity contribution in [3.63, 3.8) is 0 Å². The molecule has 0 aliphatic carbocycles. The number of amides is 2. The maximum Gasteiger partial charge on any atom is 0.291 e. The third-order valence-electron chi connectivity index (χ3n) is 7.32. The van der Waals surface area contributed by atoms with E-state index in [0.29, 0.717) is 22.6 Å². The molecule has 3 aromatic carbocycles. The normalized spacial score (nSPS) is 18.0. The third-order valence-corrected chi connectivity index (χ3v) is 7.32. The lowest BCUT2D eigenvalue weighted by Crippen LogP contribution is -2.52. The topological polar surface area (TPSA) is 84.0 Å². The number of carbonyl (C=O) groups is 2. The van der Waals surface area contributed by atoms with Crippen molar-refractivity contribution in [2.75, 3.05) is 4.90 Å². The van der Waals surface area contributed by atoms with Gasteiger partial charge >= 0.3 is 0 Å². The van der Waals surface area contributed by atoms with Crippen LogP contribution < -0.4 is 10.3 Å². The fourth-order valence-corrected chi connectivity index (χ4v) is 5.67. The molecule has 1 spiro atoms. The van der Waals surface area contributed by atoms with Gasteiger partial charge in [0, 0.05) is 11.1 Å². The number of hydrogen-bond acceptors (Lipinski definition) is 5. The number of halogens is 1. The molecular weight excluding hydrogens is 487 g/mol. The number of nitrogens with zero attached hydrogens (tertiary/aromatic N) is 2. The number of para-hydroxylation sites is 2. The molecular formula is C30H19FN2O5. The van der Waals surface area contributed by atoms with E-state index in [1.54, 1.807) is 78.9 Å². The predicted octanol–water partition coefficient (Wildman–Crippen LogP) is 4.97. The molecule has 0 radical (unpaired) electrons. The summed E-state index contributed by atoms with van der Waals surface area (Å²) in [6, 6.07) is 23.2. The van der Waals surface area contributed by atoms with Gasteiger partial charge in [0.05, 0.1) is 36.0 Å². The second-order valence-corrected chi connectivity index (χ2v) is 9.31. The Hall–Kier alpha value is -4.98. The first-order valence-electron chi connectivity index (χ1n) is 12.1. The standard InChI is InChI=1S/C30H19FN2O5/c31-22-12-4-1-8-18(22)16-32-23-13-5-3-11-21(23)30(29(32)36)25-26(34)20-10-2-6-14-24(20)38-27(25)28(35)33(30)17-19-9-7-15-37-19/h1-15H,16-17H2. The van der Waals surface area contributed by atoms with E-state index in [1.807, 2.05) is 0 Å². The highest BCUT2D eigenvalue weighted by molar-refractivity contribution is 6.17. The summed E-state index contributed by atoms with van der Waals surface area (Å²) < 4.78 is 26.3. The summed E-state index contributed by atoms with van der Waals surface area (Å²) in [5.74, 6) is -1.35. The summed E-state index contributed by atoms with van der Waals surface area (Å²) >= 11 is 0. The molecule has 7 rings (SSSR count). The van der Waals surface area contributed by atoms with Gasteiger partial charge in [-0.2, -0.15) is 0 Å². The molecule has 7 nitrogen and oxygen atoms in total. The van der Waals surface area contributed by atoms with Crippen LogP contribution in [-0.2, 0) is 23.4 Å². The summed E-state index contributed by atoms with van der Waals surface area (Å²) in [6.07, 6.45) is 1.47. The van der Waals surface area contributed by atoms with E-state index in [9.17, 15) is 18.8 Å². The second-order valence-electron chi connectivity index (χ2n) is 9.31. The van der Waals surface area contributed by atoms with Gasteiger partial charge in [-0.15, -0.1) is 0 Å². The monoisotopic (exact) mass is 506 g/mol. The van der Waals surface area contributed by atoms with E-state index < -0.39 is 28.6 Å². The largest absolute Gasteiger partial charge is 0.467 e. The second kappa shape index (κ2) is 8.01. The Bertz CT molecular complexity index is 1830. The quantitative estimate of drug-likeness (QED) is 0.344. The third kappa shape index (κ3) is 2.85. The first kappa shape index (κ1) is 22.2. The summed E-state index contributed by atoms with van der Waals surface area (Å²) in [5, 5.41) is 0.260. The van der Waals surface area contributed by atoms with Crippen molar-refractivity contribution in [3.05, 3.63) is 135 Å². The van der Waals surface area contributed by atoms with Gasteiger partial charge in [-0.1, -0.05) is 48.5 Å². The van der Waals surface area contributed by atoms with Crippen LogP contribution in [-0.4, -0.2) is 16.7 Å². The number of anilines is 1. The van der Waals surface area contributed by atoms with E-state index >= 15 is 0 Å². The average molecular weight is 506 g/mol. The first-order chi connectivity index (χ1) is 18.5. The molecule has 4 heterocycles. The van der Waals surface area contributed by atoms with Crippen LogP contribution in [0.1, 0.15) is 33.0 Å². The fraction of sp³-hybridized carbons (Fsp3) is 0.100. The van der Waals surface area contributed by atoms with Crippen LogP contribution in [0, 0.1) is 5.82 Å². The number of hydrogen-bond donors (Lipinski definition) is 0. The van der Waals surface area contributed by atoms with Crippen LogP contribution in [0.2, 0.25) is 0 Å². The Kier molecular flexibility index (Phi) is 4.69. The van der Waals surface area contributed by atoms with Crippen LogP contribution in [0.4, 0.5) is 10.1 Å². The zero-order chi connectivity index (χ0) is 26.0. The molecule has 0 saturated carbocycles. The molecule has 2 aliphatic rings. The summed E-state index contributed by atoms with van der Waals surface area (Å²) in [7, 11) is 0. The van der Waals surface area contributed by atoms with Gasteiger partial charge in [-0.05, 0) is 36.4 Å². The first-order valence-corrected chi connectivity index (χ1v) is 12.1. The predicted molar refractivity (Wildman–Crippen MR) is 136 cm³/mol. The number of fused-ring (bicyclic) bond motifs is 5. The number of carbonyl (C=O) groups excluding carboxylic acids is 2. The van der Waals surface area contributed by atoms with Crippen LogP contribution in [0.5, 0.6) is 0 Å². The smallest absolute Gasteiger partial charge is 0.291 e. The Morgan fingerprint density at radius 2 is 1.58 bits per heavy atom. The lowest BCUT2D eigenvalue weighted by atomic mass is 9.84. The Balaban J connectivity index is 1.53. The molecule has 2 aliphatic heterocycles. The highest BCUT2D eigenvalue weighted by Crippen LogP contribution is 2.53. The zero-order valence-corrected chi connectivity index (χ0v) is 19.9. The average Bonchev–Trinajstić information content (AvgIpc) is 3.60. The van der Waals surface area contributed by atoms with Crippen molar-refractivity contribution < 1.29 is 22.8 Å². The number of rotatable bonds is 4. The highest BCUT2D eigenvalue weighted by Gasteiger charge is 2.65. The van der Waals surface area contributed by atoms with Gasteiger partial charge in [0.1, 0.15) is 17.2 Å². The lowest BCUT2D eigenvalue weighted by Gasteiger charge is -2.33. The number of furan rings is 1. The lowest BCUT2D eigenvalue weighted by molar-refractivity contribution is -0.126. The molecule has 0 saturated heterocycles. The van der Waals surface area contributed by atoms with Crippen molar-refractivity contribution in [1.82, 2.24) is 4.90 Å². The Morgan fingerprint density at radius 1 is 0.816 bits per heavy atom. The molecule has 1 atom stereocenters. The molecule has 5 aromatic rings. The Morgan fingerprint density at radius 3 is 2.39 bits per heavy atom. The molecule has 186 valence electrons. The maximum atomic E-state index is 14.7. The minimum atomic E-state index is -1.81. The van der Waals surface area contributed by atoms with Crippen LogP contribution in [0.25, 0.3) is 11.0 Å². The molecule has 1 unspecified atom stereocenters. The fourth-order valence-electron chi connectivity index (χ4n) is 5.67. The van der Waals surface area contributed by atoms with E-state index in [0.717, 1.165) is 0 Å². The van der Waals surface area contributed by atoms with E-state index in [2.05, 4.69) is 0 Å². The van der Waals surface area contributed by atoms with Gasteiger partial charge in [0.25, 0.3) is 11.8 Å². The molecule has 8 heteroatoms. The van der Waals surface area contributed by atoms with E-state index in [1.165, 1.54) is 22.1 Å². The molecule has 2 aromatic heterocycles. The van der Waals surface area contributed by atoms with Gasteiger partial charge in [0.15, 0.2) is 11.0 Å². The summed E-state index contributed by atoms with van der Waals surface area (Å²) in [5.41, 5.74) is -0.830. The minimum absolute atomic E-state index is 0.0405. The molecule has 0 fully saturated rings. The highest BCUT2D eigenvalue weighted by atomic mass is 19.1. The van der Waals surface area contributed by atoms with E-state index in [-0.39, 0.29) is 35.4 Å². The minimum Gasteiger partial charge on any atom is -0.467 e. The van der Waals surface area contributed by atoms with Crippen LogP contribution >= 0.6 is 0 Å². The zero-order valence-electron chi connectivity index (χ0n) is 19.9. The van der Waals surface area contributed by atoms with Crippen molar-refractivity contribution in [2.24, 2.45) is 0 Å². The molecule has 38 heavy (non-hydrogen) atoms. The van der Waals surface area contributed by atoms with Crippen molar-refractivity contribution in [2.45, 2.75) is 18.6 Å². The number of benzene rings is 3. The summed E-state index contributed by atoms with van der Waals surface area (Å²) in [4.78, 5) is 45.4. The molecule has 0 N–H and O–H groups in total. The van der Waals surface area contributed by atoms with Gasteiger partial charge in [-0.3, -0.25) is 14.4 Å². The van der Waals surface area contributed by atoms with Crippen molar-refractivity contribution >= 4 is 28.5 Å². The van der Waals surface area contributed by atoms with Gasteiger partial charge < -0.3 is 18.6 Å². The summed E-state index contributed by atoms with van der Waals surface area (Å²) in [6.45, 7) is -0.166. The van der Waals surface area contributed by atoms with E-state index in [4.69, 9.17) is 8.83 Å². The molecule has 0 bridgehead atoms. The van der Waals surface area contributed by atoms with Crippen LogP contribution in [0.3, 0.4) is 0 Å². The Labute approximate surface area is 215 Å². The van der Waals surface area contributed by atoms with Gasteiger partial charge in [-0.25, -0.2) is 4.39 Å². The van der Waals surface area contributed by atoms with Crippen LogP contribution in [0.15, 0.2) is 105 Å².